The maximum Gasteiger partial charge on any atom is 0.164 e. The van der Waals surface area contributed by atoms with E-state index >= 15 is 0 Å². The highest BCUT2D eigenvalue weighted by atomic mass is 15.0. The lowest BCUT2D eigenvalue weighted by molar-refractivity contribution is 1.08. The van der Waals surface area contributed by atoms with Crippen LogP contribution < -0.4 is 0 Å². The van der Waals surface area contributed by atoms with Crippen molar-refractivity contribution in [1.29, 1.82) is 0 Å². The Hall–Kier alpha value is -7.49. The molecule has 260 valence electrons. The monoisotopic (exact) mass is 711 g/mol. The van der Waals surface area contributed by atoms with Gasteiger partial charge in [0.05, 0.1) is 0 Å². The molecule has 0 aliphatic carbocycles. The molecule has 0 N–H and O–H groups in total. The predicted molar refractivity (Wildman–Crippen MR) is 235 cm³/mol. The Morgan fingerprint density at radius 1 is 0.214 bits per heavy atom. The second-order valence-electron chi connectivity index (χ2n) is 14.4. The van der Waals surface area contributed by atoms with E-state index in [1.165, 1.54) is 59.6 Å². The molecule has 3 nitrogen and oxygen atoms in total. The summed E-state index contributed by atoms with van der Waals surface area (Å²) in [6.45, 7) is 0. The van der Waals surface area contributed by atoms with Gasteiger partial charge in [-0.05, 0) is 100 Å². The fraction of sp³-hybridized carbons (Fsp3) is 0. The van der Waals surface area contributed by atoms with Crippen molar-refractivity contribution in [3.8, 4) is 56.4 Å². The molecule has 0 aliphatic heterocycles. The molecule has 0 saturated heterocycles. The molecule has 0 unspecified atom stereocenters. The van der Waals surface area contributed by atoms with Crippen LogP contribution in [0.2, 0.25) is 0 Å². The molecule has 11 aromatic rings. The summed E-state index contributed by atoms with van der Waals surface area (Å²) < 4.78 is 0. The van der Waals surface area contributed by atoms with E-state index in [0.717, 1.165) is 33.2 Å². The van der Waals surface area contributed by atoms with Gasteiger partial charge in [0.25, 0.3) is 0 Å². The molecular weight excluding hydrogens is 679 g/mol. The van der Waals surface area contributed by atoms with E-state index in [2.05, 4.69) is 200 Å². The lowest BCUT2D eigenvalue weighted by Crippen LogP contribution is -2.01. The van der Waals surface area contributed by atoms with Gasteiger partial charge in [-0.15, -0.1) is 0 Å². The Morgan fingerprint density at radius 3 is 1.43 bits per heavy atom. The third-order valence-electron chi connectivity index (χ3n) is 11.1. The molecule has 3 heteroatoms. The number of nitrogens with zero attached hydrogens (tertiary/aromatic N) is 3. The summed E-state index contributed by atoms with van der Waals surface area (Å²) in [5.41, 5.74) is 7.54. The Bertz CT molecular complexity index is 3310. The molecule has 1 heterocycles. The van der Waals surface area contributed by atoms with Crippen LogP contribution in [0.25, 0.3) is 110 Å². The summed E-state index contributed by atoms with van der Waals surface area (Å²) in [7, 11) is 0. The molecule has 0 atom stereocenters. The number of aromatic nitrogens is 3. The van der Waals surface area contributed by atoms with Crippen molar-refractivity contribution in [2.45, 2.75) is 0 Å². The molecule has 11 rings (SSSR count). The molecule has 10 aromatic carbocycles. The van der Waals surface area contributed by atoms with Crippen molar-refractivity contribution >= 4 is 53.9 Å². The first-order valence-electron chi connectivity index (χ1n) is 19.0. The molecule has 0 fully saturated rings. The van der Waals surface area contributed by atoms with Gasteiger partial charge >= 0.3 is 0 Å². The summed E-state index contributed by atoms with van der Waals surface area (Å²) >= 11 is 0. The standard InChI is InChI=1S/C53H33N3/c1-2-10-34(11-3-1)39-23-24-42-31-40(25-26-41(42)30-39)38-14-8-15-43(32-38)51-54-52(44-27-22-37-21-20-35-12-5-7-17-46(35)50(37)33-44)56-53(55-51)49-19-9-18-47-45-16-6-4-13-36(45)28-29-48(47)49/h1-33H. The lowest BCUT2D eigenvalue weighted by atomic mass is 9.97. The molecule has 0 bridgehead atoms. The third-order valence-corrected chi connectivity index (χ3v) is 11.1. The fourth-order valence-corrected chi connectivity index (χ4v) is 8.20. The van der Waals surface area contributed by atoms with Crippen molar-refractivity contribution in [1.82, 2.24) is 15.0 Å². The van der Waals surface area contributed by atoms with Gasteiger partial charge in [0, 0.05) is 16.7 Å². The van der Waals surface area contributed by atoms with Gasteiger partial charge in [0.1, 0.15) is 0 Å². The predicted octanol–water partition coefficient (Wildman–Crippen LogP) is 14.0. The Balaban J connectivity index is 1.07. The van der Waals surface area contributed by atoms with E-state index in [0.29, 0.717) is 17.5 Å². The van der Waals surface area contributed by atoms with E-state index in [1.54, 1.807) is 0 Å². The zero-order valence-electron chi connectivity index (χ0n) is 30.4. The lowest BCUT2D eigenvalue weighted by Gasteiger charge is -2.13. The largest absolute Gasteiger partial charge is 0.208 e. The van der Waals surface area contributed by atoms with Crippen molar-refractivity contribution < 1.29 is 0 Å². The van der Waals surface area contributed by atoms with Crippen LogP contribution >= 0.6 is 0 Å². The summed E-state index contributed by atoms with van der Waals surface area (Å²) in [6, 6.07) is 71.3. The maximum atomic E-state index is 5.24. The van der Waals surface area contributed by atoms with Crippen LogP contribution in [-0.4, -0.2) is 15.0 Å². The maximum absolute atomic E-state index is 5.24. The van der Waals surface area contributed by atoms with Crippen LogP contribution in [0.3, 0.4) is 0 Å². The van der Waals surface area contributed by atoms with E-state index in [1.807, 2.05) is 0 Å². The van der Waals surface area contributed by atoms with E-state index < -0.39 is 0 Å². The number of benzene rings is 10. The number of rotatable bonds is 5. The first-order chi connectivity index (χ1) is 27.7. The van der Waals surface area contributed by atoms with Gasteiger partial charge < -0.3 is 0 Å². The average molecular weight is 712 g/mol. The minimum Gasteiger partial charge on any atom is -0.208 e. The van der Waals surface area contributed by atoms with Gasteiger partial charge in [-0.25, -0.2) is 15.0 Å². The minimum absolute atomic E-state index is 0.635. The zero-order chi connectivity index (χ0) is 37.0. The molecule has 0 spiro atoms. The van der Waals surface area contributed by atoms with Gasteiger partial charge in [0.15, 0.2) is 17.5 Å². The smallest absolute Gasteiger partial charge is 0.164 e. The highest BCUT2D eigenvalue weighted by Gasteiger charge is 2.16. The quantitative estimate of drug-likeness (QED) is 0.167. The van der Waals surface area contributed by atoms with E-state index in [9.17, 15) is 0 Å². The average Bonchev–Trinajstić information content (AvgIpc) is 3.28. The Labute approximate surface area is 324 Å². The van der Waals surface area contributed by atoms with Crippen LogP contribution in [0.5, 0.6) is 0 Å². The first kappa shape index (κ1) is 32.0. The Morgan fingerprint density at radius 2 is 0.679 bits per heavy atom. The SMILES string of the molecule is c1ccc(-c2ccc3cc(-c4cccc(-c5nc(-c6ccc7ccc8ccccc8c7c6)nc(-c6cccc7c6ccc6ccccc67)n5)c4)ccc3c2)cc1. The van der Waals surface area contributed by atoms with Gasteiger partial charge in [-0.3, -0.25) is 0 Å². The summed E-state index contributed by atoms with van der Waals surface area (Å²) in [6.07, 6.45) is 0. The van der Waals surface area contributed by atoms with Crippen LogP contribution in [-0.2, 0) is 0 Å². The van der Waals surface area contributed by atoms with Crippen LogP contribution in [0.1, 0.15) is 0 Å². The molecule has 56 heavy (non-hydrogen) atoms. The van der Waals surface area contributed by atoms with Crippen molar-refractivity contribution in [3.05, 3.63) is 200 Å². The molecule has 1 aromatic heterocycles. The normalized spacial score (nSPS) is 11.6. The van der Waals surface area contributed by atoms with Crippen molar-refractivity contribution in [2.24, 2.45) is 0 Å². The highest BCUT2D eigenvalue weighted by Crippen LogP contribution is 2.36. The highest BCUT2D eigenvalue weighted by molar-refractivity contribution is 6.12. The second-order valence-corrected chi connectivity index (χ2v) is 14.4. The second kappa shape index (κ2) is 13.1. The van der Waals surface area contributed by atoms with E-state index in [4.69, 9.17) is 15.0 Å². The molecule has 0 aliphatic rings. The number of hydrogen-bond donors (Lipinski definition) is 0. The topological polar surface area (TPSA) is 38.7 Å². The zero-order valence-corrected chi connectivity index (χ0v) is 30.4. The fourth-order valence-electron chi connectivity index (χ4n) is 8.20. The number of fused-ring (bicyclic) bond motifs is 7. The van der Waals surface area contributed by atoms with Crippen LogP contribution in [0, 0.1) is 0 Å². The Kier molecular flexibility index (Phi) is 7.49. The molecule has 0 saturated carbocycles. The van der Waals surface area contributed by atoms with Crippen molar-refractivity contribution in [3.63, 3.8) is 0 Å². The molecule has 0 amide bonds. The van der Waals surface area contributed by atoms with Crippen molar-refractivity contribution in [2.75, 3.05) is 0 Å². The van der Waals surface area contributed by atoms with Gasteiger partial charge in [-0.2, -0.15) is 0 Å². The summed E-state index contributed by atoms with van der Waals surface area (Å²) in [4.78, 5) is 15.7. The summed E-state index contributed by atoms with van der Waals surface area (Å²) in [5.74, 6) is 1.92. The van der Waals surface area contributed by atoms with Crippen LogP contribution in [0.15, 0.2) is 200 Å². The minimum atomic E-state index is 0.635. The van der Waals surface area contributed by atoms with Crippen LogP contribution in [0.4, 0.5) is 0 Å². The van der Waals surface area contributed by atoms with E-state index in [-0.39, 0.29) is 0 Å². The van der Waals surface area contributed by atoms with Gasteiger partial charge in [-0.1, -0.05) is 176 Å². The third kappa shape index (κ3) is 5.57. The summed E-state index contributed by atoms with van der Waals surface area (Å²) in [5, 5.41) is 11.9. The van der Waals surface area contributed by atoms with Gasteiger partial charge in [0.2, 0.25) is 0 Å². The first-order valence-corrected chi connectivity index (χ1v) is 19.0. The molecule has 0 radical (unpaired) electrons. The molecular formula is C53H33N3. The number of hydrogen-bond acceptors (Lipinski definition) is 3.